The standard InChI is InChI=1S/C13H24N2O/c1-12(2,13(3,4)14)11(16)15-10-8-6-5-7-9-10/h5-6,10H,7-9,14H2,1-4H3,(H,15,16). The molecular formula is C13H24N2O. The van der Waals surface area contributed by atoms with E-state index < -0.39 is 11.0 Å². The number of nitrogens with one attached hydrogen (secondary N) is 1. The van der Waals surface area contributed by atoms with Gasteiger partial charge in [0.25, 0.3) is 0 Å². The molecule has 0 fully saturated rings. The zero-order valence-corrected chi connectivity index (χ0v) is 10.8. The fourth-order valence-corrected chi connectivity index (χ4v) is 1.58. The number of carbonyl (C=O) groups excluding carboxylic acids is 1. The minimum atomic E-state index is -0.547. The Kier molecular flexibility index (Phi) is 3.79. The molecule has 0 aromatic rings. The Bertz CT molecular complexity index is 287. The fourth-order valence-electron chi connectivity index (χ4n) is 1.58. The number of allylic oxidation sites excluding steroid dienone is 1. The lowest BCUT2D eigenvalue weighted by Crippen LogP contribution is -2.57. The fraction of sp³-hybridized carbons (Fsp3) is 0.769. The van der Waals surface area contributed by atoms with Crippen LogP contribution in [0.5, 0.6) is 0 Å². The van der Waals surface area contributed by atoms with Crippen LogP contribution in [0, 0.1) is 5.41 Å². The zero-order chi connectivity index (χ0) is 12.4. The summed E-state index contributed by atoms with van der Waals surface area (Å²) in [6, 6.07) is 0.277. The molecule has 3 nitrogen and oxygen atoms in total. The molecule has 3 heteroatoms. The molecule has 0 heterocycles. The molecule has 0 saturated heterocycles. The van der Waals surface area contributed by atoms with Crippen molar-refractivity contribution in [1.82, 2.24) is 5.32 Å². The molecule has 0 radical (unpaired) electrons. The Morgan fingerprint density at radius 1 is 1.31 bits per heavy atom. The number of rotatable bonds is 3. The van der Waals surface area contributed by atoms with Crippen molar-refractivity contribution in [3.8, 4) is 0 Å². The third kappa shape index (κ3) is 2.85. The summed E-state index contributed by atoms with van der Waals surface area (Å²) in [4.78, 5) is 12.2. The largest absolute Gasteiger partial charge is 0.353 e. The summed E-state index contributed by atoms with van der Waals surface area (Å²) < 4.78 is 0. The van der Waals surface area contributed by atoms with Crippen molar-refractivity contribution >= 4 is 5.91 Å². The van der Waals surface area contributed by atoms with E-state index >= 15 is 0 Å². The molecule has 1 rings (SSSR count). The van der Waals surface area contributed by atoms with Crippen molar-refractivity contribution in [3.63, 3.8) is 0 Å². The third-order valence-corrected chi connectivity index (χ3v) is 3.78. The van der Waals surface area contributed by atoms with Crippen LogP contribution >= 0.6 is 0 Å². The van der Waals surface area contributed by atoms with E-state index in [4.69, 9.17) is 5.73 Å². The highest BCUT2D eigenvalue weighted by atomic mass is 16.2. The first kappa shape index (κ1) is 13.2. The highest BCUT2D eigenvalue weighted by molar-refractivity contribution is 5.83. The molecule has 3 N–H and O–H groups in total. The Labute approximate surface area is 98.5 Å². The van der Waals surface area contributed by atoms with Crippen molar-refractivity contribution in [1.29, 1.82) is 0 Å². The normalized spacial score (nSPS) is 21.9. The van der Waals surface area contributed by atoms with Gasteiger partial charge in [-0.25, -0.2) is 0 Å². The van der Waals surface area contributed by atoms with Gasteiger partial charge in [0, 0.05) is 11.6 Å². The van der Waals surface area contributed by atoms with Gasteiger partial charge in [-0.15, -0.1) is 0 Å². The summed E-state index contributed by atoms with van der Waals surface area (Å²) in [7, 11) is 0. The maximum Gasteiger partial charge on any atom is 0.227 e. The maximum absolute atomic E-state index is 12.2. The molecular weight excluding hydrogens is 200 g/mol. The SMILES string of the molecule is CC(C)(N)C(C)(C)C(=O)NC1CC=CCC1. The Morgan fingerprint density at radius 3 is 2.38 bits per heavy atom. The first-order valence-electron chi connectivity index (χ1n) is 6.00. The molecule has 1 aliphatic rings. The lowest BCUT2D eigenvalue weighted by Gasteiger charge is -2.38. The van der Waals surface area contributed by atoms with Crippen LogP contribution in [0.25, 0.3) is 0 Å². The van der Waals surface area contributed by atoms with Gasteiger partial charge >= 0.3 is 0 Å². The second-order valence-corrected chi connectivity index (χ2v) is 5.80. The van der Waals surface area contributed by atoms with Crippen molar-refractivity contribution in [2.45, 2.75) is 58.5 Å². The van der Waals surface area contributed by atoms with Crippen LogP contribution in [0.1, 0.15) is 47.0 Å². The Morgan fingerprint density at radius 2 is 1.94 bits per heavy atom. The van der Waals surface area contributed by atoms with E-state index in [9.17, 15) is 4.79 Å². The second kappa shape index (κ2) is 4.58. The average Bonchev–Trinajstić information content (AvgIpc) is 2.17. The van der Waals surface area contributed by atoms with Crippen LogP contribution in [0.2, 0.25) is 0 Å². The predicted octanol–water partition coefficient (Wildman–Crippen LogP) is 1.97. The molecule has 0 bridgehead atoms. The average molecular weight is 224 g/mol. The molecule has 0 aromatic carbocycles. The predicted molar refractivity (Wildman–Crippen MR) is 67.0 cm³/mol. The number of hydrogen-bond acceptors (Lipinski definition) is 2. The lowest BCUT2D eigenvalue weighted by atomic mass is 9.74. The molecule has 0 aromatic heterocycles. The summed E-state index contributed by atoms with van der Waals surface area (Å²) in [6.07, 6.45) is 7.32. The Balaban J connectivity index is 2.61. The van der Waals surface area contributed by atoms with Gasteiger partial charge in [0.2, 0.25) is 5.91 Å². The van der Waals surface area contributed by atoms with Crippen molar-refractivity contribution in [2.75, 3.05) is 0 Å². The highest BCUT2D eigenvalue weighted by Crippen LogP contribution is 2.29. The molecule has 1 atom stereocenters. The van der Waals surface area contributed by atoms with Crippen LogP contribution in [0.3, 0.4) is 0 Å². The number of carbonyl (C=O) groups is 1. The van der Waals surface area contributed by atoms with Crippen LogP contribution in [0.15, 0.2) is 12.2 Å². The van der Waals surface area contributed by atoms with Crippen molar-refractivity contribution in [2.24, 2.45) is 11.1 Å². The monoisotopic (exact) mass is 224 g/mol. The highest BCUT2D eigenvalue weighted by Gasteiger charge is 2.40. The summed E-state index contributed by atoms with van der Waals surface area (Å²) in [6.45, 7) is 7.60. The molecule has 0 spiro atoms. The quantitative estimate of drug-likeness (QED) is 0.720. The van der Waals surface area contributed by atoms with E-state index in [1.54, 1.807) is 0 Å². The van der Waals surface area contributed by atoms with Gasteiger partial charge in [0.1, 0.15) is 0 Å². The molecule has 0 saturated carbocycles. The minimum Gasteiger partial charge on any atom is -0.353 e. The molecule has 16 heavy (non-hydrogen) atoms. The summed E-state index contributed by atoms with van der Waals surface area (Å²) in [5, 5.41) is 3.10. The number of hydrogen-bond donors (Lipinski definition) is 2. The van der Waals surface area contributed by atoms with Gasteiger partial charge in [-0.1, -0.05) is 12.2 Å². The molecule has 1 aliphatic carbocycles. The van der Waals surface area contributed by atoms with E-state index in [2.05, 4.69) is 17.5 Å². The maximum atomic E-state index is 12.2. The molecule has 1 unspecified atom stereocenters. The summed E-state index contributed by atoms with van der Waals surface area (Å²) in [5.74, 6) is 0.0558. The zero-order valence-electron chi connectivity index (χ0n) is 10.8. The van der Waals surface area contributed by atoms with Crippen LogP contribution in [-0.2, 0) is 4.79 Å². The minimum absolute atomic E-state index is 0.0558. The molecule has 1 amide bonds. The number of nitrogens with two attached hydrogens (primary N) is 1. The van der Waals surface area contributed by atoms with Gasteiger partial charge in [-0.05, 0) is 47.0 Å². The summed E-state index contributed by atoms with van der Waals surface area (Å²) in [5.41, 5.74) is 4.98. The molecule has 0 aliphatic heterocycles. The first-order valence-corrected chi connectivity index (χ1v) is 6.00. The van der Waals surface area contributed by atoms with E-state index in [0.29, 0.717) is 0 Å². The number of amides is 1. The summed E-state index contributed by atoms with van der Waals surface area (Å²) >= 11 is 0. The van der Waals surface area contributed by atoms with Crippen molar-refractivity contribution < 1.29 is 4.79 Å². The smallest absolute Gasteiger partial charge is 0.227 e. The van der Waals surface area contributed by atoms with Gasteiger partial charge in [0.05, 0.1) is 5.41 Å². The van der Waals surface area contributed by atoms with Gasteiger partial charge in [-0.3, -0.25) is 4.79 Å². The second-order valence-electron chi connectivity index (χ2n) is 5.80. The first-order chi connectivity index (χ1) is 7.25. The van der Waals surface area contributed by atoms with E-state index in [-0.39, 0.29) is 11.9 Å². The van der Waals surface area contributed by atoms with E-state index in [1.165, 1.54) is 0 Å². The Hall–Kier alpha value is -0.830. The van der Waals surface area contributed by atoms with E-state index in [0.717, 1.165) is 19.3 Å². The van der Waals surface area contributed by atoms with Crippen LogP contribution < -0.4 is 11.1 Å². The molecule has 92 valence electrons. The third-order valence-electron chi connectivity index (χ3n) is 3.78. The lowest BCUT2D eigenvalue weighted by molar-refractivity contribution is -0.133. The van der Waals surface area contributed by atoms with Gasteiger partial charge in [0.15, 0.2) is 0 Å². The van der Waals surface area contributed by atoms with Crippen LogP contribution in [-0.4, -0.2) is 17.5 Å². The van der Waals surface area contributed by atoms with Gasteiger partial charge in [-0.2, -0.15) is 0 Å². The van der Waals surface area contributed by atoms with Gasteiger partial charge < -0.3 is 11.1 Å². The topological polar surface area (TPSA) is 55.1 Å². The van der Waals surface area contributed by atoms with Crippen molar-refractivity contribution in [3.05, 3.63) is 12.2 Å². The van der Waals surface area contributed by atoms with Crippen LogP contribution in [0.4, 0.5) is 0 Å². The van der Waals surface area contributed by atoms with E-state index in [1.807, 2.05) is 27.7 Å².